The molecule has 2 rings (SSSR count). The number of nitrogens with two attached hydrogens (primary N) is 1. The number of thioether (sulfide) groups is 1. The number of hydrogen-bond donors (Lipinski definition) is 1. The Balaban J connectivity index is 1.73. The van der Waals surface area contributed by atoms with Crippen LogP contribution in [0.1, 0.15) is 17.5 Å². The van der Waals surface area contributed by atoms with Crippen molar-refractivity contribution in [3.8, 4) is 5.75 Å². The first-order valence-corrected chi connectivity index (χ1v) is 7.54. The van der Waals surface area contributed by atoms with Gasteiger partial charge in [-0.25, -0.2) is 9.97 Å². The molecular formula is C15H19N3OS. The third-order valence-electron chi connectivity index (χ3n) is 2.68. The fourth-order valence-electron chi connectivity index (χ4n) is 1.88. The van der Waals surface area contributed by atoms with E-state index in [0.29, 0.717) is 12.4 Å². The maximum absolute atomic E-state index is 5.76. The van der Waals surface area contributed by atoms with Crippen molar-refractivity contribution in [1.29, 1.82) is 0 Å². The SMILES string of the molecule is Cc1cc(C)cc(OCCCSc2nccnc2N)c1. The molecule has 0 atom stereocenters. The Kier molecular flexibility index (Phi) is 5.24. The Hall–Kier alpha value is -1.75. The molecule has 4 nitrogen and oxygen atoms in total. The van der Waals surface area contributed by atoms with Crippen LogP contribution in [0, 0.1) is 13.8 Å². The van der Waals surface area contributed by atoms with E-state index in [1.54, 1.807) is 24.2 Å². The van der Waals surface area contributed by atoms with Gasteiger partial charge in [-0.3, -0.25) is 0 Å². The van der Waals surface area contributed by atoms with Crippen molar-refractivity contribution < 1.29 is 4.74 Å². The van der Waals surface area contributed by atoms with Crippen LogP contribution in [0.25, 0.3) is 0 Å². The average molecular weight is 289 g/mol. The van der Waals surface area contributed by atoms with Gasteiger partial charge in [0.1, 0.15) is 10.8 Å². The van der Waals surface area contributed by atoms with Crippen molar-refractivity contribution in [2.24, 2.45) is 0 Å². The second kappa shape index (κ2) is 7.14. The summed E-state index contributed by atoms with van der Waals surface area (Å²) in [6.45, 7) is 4.84. The molecule has 0 saturated heterocycles. The molecule has 106 valence electrons. The molecule has 1 aromatic heterocycles. The van der Waals surface area contributed by atoms with Crippen LogP contribution in [0.5, 0.6) is 5.75 Å². The molecule has 0 radical (unpaired) electrons. The first-order valence-electron chi connectivity index (χ1n) is 6.55. The number of nitrogen functional groups attached to an aromatic ring is 1. The fraction of sp³-hybridized carbons (Fsp3) is 0.333. The van der Waals surface area contributed by atoms with Gasteiger partial charge in [0, 0.05) is 18.1 Å². The molecular weight excluding hydrogens is 270 g/mol. The average Bonchev–Trinajstić information content (AvgIpc) is 2.39. The van der Waals surface area contributed by atoms with Crippen LogP contribution in [0.4, 0.5) is 5.82 Å². The molecule has 1 heterocycles. The molecule has 20 heavy (non-hydrogen) atoms. The van der Waals surface area contributed by atoms with E-state index in [0.717, 1.165) is 22.9 Å². The summed E-state index contributed by atoms with van der Waals surface area (Å²) in [7, 11) is 0. The molecule has 1 aromatic carbocycles. The van der Waals surface area contributed by atoms with Gasteiger partial charge in [0.2, 0.25) is 0 Å². The normalized spacial score (nSPS) is 10.5. The molecule has 0 aliphatic heterocycles. The highest BCUT2D eigenvalue weighted by atomic mass is 32.2. The zero-order valence-electron chi connectivity index (χ0n) is 11.8. The lowest BCUT2D eigenvalue weighted by Gasteiger charge is -2.08. The molecule has 0 amide bonds. The number of aryl methyl sites for hydroxylation is 2. The number of ether oxygens (including phenoxy) is 1. The quantitative estimate of drug-likeness (QED) is 0.653. The summed E-state index contributed by atoms with van der Waals surface area (Å²) >= 11 is 1.61. The monoisotopic (exact) mass is 289 g/mol. The summed E-state index contributed by atoms with van der Waals surface area (Å²) in [6, 6.07) is 6.25. The van der Waals surface area contributed by atoms with Crippen molar-refractivity contribution in [1.82, 2.24) is 9.97 Å². The lowest BCUT2D eigenvalue weighted by molar-refractivity contribution is 0.318. The molecule has 0 fully saturated rings. The Labute approximate surface area is 123 Å². The Morgan fingerprint density at radius 2 is 1.80 bits per heavy atom. The molecule has 0 bridgehead atoms. The smallest absolute Gasteiger partial charge is 0.156 e. The van der Waals surface area contributed by atoms with Gasteiger partial charge in [0.15, 0.2) is 5.82 Å². The van der Waals surface area contributed by atoms with E-state index in [4.69, 9.17) is 10.5 Å². The fourth-order valence-corrected chi connectivity index (χ4v) is 2.67. The summed E-state index contributed by atoms with van der Waals surface area (Å²) in [4.78, 5) is 8.20. The summed E-state index contributed by atoms with van der Waals surface area (Å²) < 4.78 is 5.76. The summed E-state index contributed by atoms with van der Waals surface area (Å²) in [5.41, 5.74) is 8.18. The number of rotatable bonds is 6. The van der Waals surface area contributed by atoms with Crippen LogP contribution in [-0.2, 0) is 0 Å². The minimum atomic E-state index is 0.493. The van der Waals surface area contributed by atoms with Crippen LogP contribution in [0.3, 0.4) is 0 Å². The molecule has 0 saturated carbocycles. The molecule has 5 heteroatoms. The topological polar surface area (TPSA) is 61.0 Å². The Morgan fingerprint density at radius 1 is 1.10 bits per heavy atom. The first-order chi connectivity index (χ1) is 9.65. The maximum atomic E-state index is 5.76. The number of aromatic nitrogens is 2. The molecule has 2 N–H and O–H groups in total. The number of benzene rings is 1. The van der Waals surface area contributed by atoms with Gasteiger partial charge in [-0.15, -0.1) is 11.8 Å². The van der Waals surface area contributed by atoms with Gasteiger partial charge < -0.3 is 10.5 Å². The van der Waals surface area contributed by atoms with Crippen LogP contribution < -0.4 is 10.5 Å². The van der Waals surface area contributed by atoms with Gasteiger partial charge in [-0.05, 0) is 43.5 Å². The van der Waals surface area contributed by atoms with Gasteiger partial charge in [-0.1, -0.05) is 6.07 Å². The highest BCUT2D eigenvalue weighted by Gasteiger charge is 2.02. The Bertz CT molecular complexity index is 555. The molecule has 0 aliphatic rings. The van der Waals surface area contributed by atoms with Crippen LogP contribution in [0.15, 0.2) is 35.6 Å². The van der Waals surface area contributed by atoms with Gasteiger partial charge in [-0.2, -0.15) is 0 Å². The highest BCUT2D eigenvalue weighted by Crippen LogP contribution is 2.21. The second-order valence-corrected chi connectivity index (χ2v) is 5.70. The van der Waals surface area contributed by atoms with Crippen molar-refractivity contribution in [2.45, 2.75) is 25.3 Å². The molecule has 0 unspecified atom stereocenters. The van der Waals surface area contributed by atoms with E-state index in [2.05, 4.69) is 42.0 Å². The van der Waals surface area contributed by atoms with E-state index in [9.17, 15) is 0 Å². The minimum Gasteiger partial charge on any atom is -0.494 e. The Morgan fingerprint density at radius 3 is 2.50 bits per heavy atom. The van der Waals surface area contributed by atoms with Crippen LogP contribution >= 0.6 is 11.8 Å². The maximum Gasteiger partial charge on any atom is 0.156 e. The summed E-state index contributed by atoms with van der Waals surface area (Å²) in [6.07, 6.45) is 4.20. The van der Waals surface area contributed by atoms with E-state index in [1.165, 1.54) is 11.1 Å². The first kappa shape index (κ1) is 14.7. The lowest BCUT2D eigenvalue weighted by Crippen LogP contribution is -2.00. The lowest BCUT2D eigenvalue weighted by atomic mass is 10.1. The van der Waals surface area contributed by atoms with Crippen LogP contribution in [0.2, 0.25) is 0 Å². The van der Waals surface area contributed by atoms with E-state index < -0.39 is 0 Å². The zero-order chi connectivity index (χ0) is 14.4. The summed E-state index contributed by atoms with van der Waals surface area (Å²) in [5, 5.41) is 0.791. The predicted molar refractivity (Wildman–Crippen MR) is 83.2 cm³/mol. The van der Waals surface area contributed by atoms with Crippen molar-refractivity contribution in [3.05, 3.63) is 41.7 Å². The van der Waals surface area contributed by atoms with Gasteiger partial charge in [0.05, 0.1) is 6.61 Å². The molecule has 0 aliphatic carbocycles. The molecule has 0 spiro atoms. The predicted octanol–water partition coefficient (Wildman–Crippen LogP) is 3.24. The number of hydrogen-bond acceptors (Lipinski definition) is 5. The summed E-state index contributed by atoms with van der Waals surface area (Å²) in [5.74, 6) is 2.34. The largest absolute Gasteiger partial charge is 0.494 e. The van der Waals surface area contributed by atoms with Crippen LogP contribution in [-0.4, -0.2) is 22.3 Å². The van der Waals surface area contributed by atoms with E-state index in [1.807, 2.05) is 0 Å². The molecule has 2 aromatic rings. The van der Waals surface area contributed by atoms with E-state index in [-0.39, 0.29) is 0 Å². The standard InChI is InChI=1S/C15H19N3OS/c1-11-8-12(2)10-13(9-11)19-6-3-7-20-15-14(16)17-4-5-18-15/h4-5,8-10H,3,6-7H2,1-2H3,(H2,16,17). The highest BCUT2D eigenvalue weighted by molar-refractivity contribution is 7.99. The minimum absolute atomic E-state index is 0.493. The van der Waals surface area contributed by atoms with Gasteiger partial charge >= 0.3 is 0 Å². The zero-order valence-corrected chi connectivity index (χ0v) is 12.6. The third kappa shape index (κ3) is 4.42. The van der Waals surface area contributed by atoms with Crippen molar-refractivity contribution >= 4 is 17.6 Å². The number of anilines is 1. The van der Waals surface area contributed by atoms with Crippen molar-refractivity contribution in [3.63, 3.8) is 0 Å². The third-order valence-corrected chi connectivity index (χ3v) is 3.76. The second-order valence-electron chi connectivity index (χ2n) is 4.62. The van der Waals surface area contributed by atoms with Gasteiger partial charge in [0.25, 0.3) is 0 Å². The van der Waals surface area contributed by atoms with E-state index >= 15 is 0 Å². The van der Waals surface area contributed by atoms with Crippen molar-refractivity contribution in [2.75, 3.05) is 18.1 Å². The number of nitrogens with zero attached hydrogens (tertiary/aromatic N) is 2.